The Labute approximate surface area is 220 Å². The van der Waals surface area contributed by atoms with Crippen molar-refractivity contribution in [3.05, 3.63) is 65.0 Å². The first-order chi connectivity index (χ1) is 18.0. The third kappa shape index (κ3) is 5.42. The number of nitrogens with one attached hydrogen (secondary N) is 2. The average Bonchev–Trinajstić information content (AvgIpc) is 3.41. The summed E-state index contributed by atoms with van der Waals surface area (Å²) in [6.45, 7) is 2.04. The van der Waals surface area contributed by atoms with Crippen molar-refractivity contribution in [2.75, 3.05) is 18.4 Å². The van der Waals surface area contributed by atoms with Gasteiger partial charge in [0.2, 0.25) is 0 Å². The van der Waals surface area contributed by atoms with Crippen LogP contribution in [0.1, 0.15) is 24.1 Å². The maximum absolute atomic E-state index is 12.9. The molecule has 2 aliphatic heterocycles. The molecule has 0 atom stereocenters. The van der Waals surface area contributed by atoms with Crippen LogP contribution in [-0.2, 0) is 21.2 Å². The predicted octanol–water partition coefficient (Wildman–Crippen LogP) is 4.03. The summed E-state index contributed by atoms with van der Waals surface area (Å²) in [5.41, 5.74) is -2.59. The van der Waals surface area contributed by atoms with Crippen LogP contribution in [0.25, 0.3) is 11.7 Å². The first-order valence-corrected chi connectivity index (χ1v) is 13.9. The minimum absolute atomic E-state index is 0.0201. The van der Waals surface area contributed by atoms with Crippen LogP contribution >= 0.6 is 11.8 Å². The molecule has 1 aromatic carbocycles. The molecule has 0 bridgehead atoms. The number of benzene rings is 1. The largest absolute Gasteiger partial charge is 0.501 e. The summed E-state index contributed by atoms with van der Waals surface area (Å²) in [5.74, 6) is -0.420. The van der Waals surface area contributed by atoms with Crippen molar-refractivity contribution in [3.8, 4) is 0 Å². The van der Waals surface area contributed by atoms with Crippen molar-refractivity contribution in [3.63, 3.8) is 0 Å². The molecule has 200 valence electrons. The summed E-state index contributed by atoms with van der Waals surface area (Å²) in [7, 11) is -5.41. The number of aromatic nitrogens is 2. The molecular weight excluding hydrogens is 543 g/mol. The molecule has 14 heteroatoms. The Morgan fingerprint density at radius 3 is 2.61 bits per heavy atom. The van der Waals surface area contributed by atoms with Crippen LogP contribution in [0.3, 0.4) is 0 Å². The number of hydrogen-bond donors (Lipinski definition) is 2. The van der Waals surface area contributed by atoms with Gasteiger partial charge in [0.05, 0.1) is 21.7 Å². The average molecular weight is 566 g/mol. The molecule has 2 aromatic heterocycles. The molecule has 2 saturated heterocycles. The number of hydrogen-bond acceptors (Lipinski definition) is 8. The van der Waals surface area contributed by atoms with Gasteiger partial charge in [-0.15, -0.1) is 0 Å². The van der Waals surface area contributed by atoms with Gasteiger partial charge < -0.3 is 9.72 Å². The molecule has 3 aromatic rings. The monoisotopic (exact) mass is 565 g/mol. The number of nitrogens with zero attached hydrogens (tertiary/aromatic N) is 3. The number of piperidine rings is 1. The van der Waals surface area contributed by atoms with Crippen molar-refractivity contribution in [1.82, 2.24) is 19.6 Å². The zero-order valence-electron chi connectivity index (χ0n) is 19.7. The van der Waals surface area contributed by atoms with Crippen LogP contribution in [0.15, 0.2) is 58.6 Å². The van der Waals surface area contributed by atoms with E-state index < -0.39 is 31.4 Å². The molecule has 2 amide bonds. The van der Waals surface area contributed by atoms with Crippen LogP contribution < -0.4 is 10.6 Å². The molecule has 4 heterocycles. The van der Waals surface area contributed by atoms with Gasteiger partial charge in [-0.25, -0.2) is 13.4 Å². The van der Waals surface area contributed by atoms with Gasteiger partial charge in [0.1, 0.15) is 5.65 Å². The lowest BCUT2D eigenvalue weighted by Gasteiger charge is -2.32. The molecule has 2 N–H and O–H groups in total. The van der Waals surface area contributed by atoms with E-state index in [1.165, 1.54) is 6.07 Å². The minimum atomic E-state index is -5.41. The molecule has 5 rings (SSSR count). The number of amides is 2. The number of carbonyl (C=O) groups excluding carboxylic acids is 2. The fraction of sp³-hybridized carbons (Fsp3) is 0.292. The Balaban J connectivity index is 1.22. The van der Waals surface area contributed by atoms with Crippen molar-refractivity contribution >= 4 is 50.2 Å². The number of rotatable bonds is 6. The second-order valence-corrected chi connectivity index (χ2v) is 11.9. The molecule has 2 fully saturated rings. The second-order valence-electron chi connectivity index (χ2n) is 8.96. The summed E-state index contributed by atoms with van der Waals surface area (Å²) in [5, 5.41) is 4.99. The zero-order chi connectivity index (χ0) is 27.1. The molecule has 0 spiro atoms. The molecule has 0 radical (unpaired) electrons. The number of thioether (sulfide) groups is 1. The third-order valence-electron chi connectivity index (χ3n) is 6.34. The quantitative estimate of drug-likeness (QED) is 0.431. The SMILES string of the molecule is O=C1NC(=O)/C(=C/c2ccc3ncc(CN4CCC(Nc5cccc(S(=O)(=O)C(F)(F)F)c5)CC4)n3c2)S1. The van der Waals surface area contributed by atoms with Gasteiger partial charge in [-0.3, -0.25) is 19.8 Å². The van der Waals surface area contributed by atoms with Gasteiger partial charge >= 0.3 is 5.51 Å². The van der Waals surface area contributed by atoms with Crippen LogP contribution in [0.2, 0.25) is 0 Å². The molecular formula is C24H22F3N5O4S2. The Kier molecular flexibility index (Phi) is 6.96. The topological polar surface area (TPSA) is 113 Å². The predicted molar refractivity (Wildman–Crippen MR) is 136 cm³/mol. The first-order valence-electron chi connectivity index (χ1n) is 11.6. The molecule has 0 unspecified atom stereocenters. The highest BCUT2D eigenvalue weighted by Crippen LogP contribution is 2.32. The van der Waals surface area contributed by atoms with Crippen molar-refractivity contribution in [2.45, 2.75) is 35.8 Å². The van der Waals surface area contributed by atoms with Crippen molar-refractivity contribution in [2.24, 2.45) is 0 Å². The fourth-order valence-electron chi connectivity index (χ4n) is 4.41. The smallest absolute Gasteiger partial charge is 0.382 e. The number of anilines is 1. The lowest BCUT2D eigenvalue weighted by atomic mass is 10.0. The summed E-state index contributed by atoms with van der Waals surface area (Å²) >= 11 is 0.855. The second kappa shape index (κ2) is 10.1. The number of fused-ring (bicyclic) bond motifs is 1. The molecule has 38 heavy (non-hydrogen) atoms. The molecule has 9 nitrogen and oxygen atoms in total. The number of alkyl halides is 3. The van der Waals surface area contributed by atoms with Gasteiger partial charge in [0.15, 0.2) is 0 Å². The number of halogens is 3. The van der Waals surface area contributed by atoms with Gasteiger partial charge in [-0.1, -0.05) is 6.07 Å². The van der Waals surface area contributed by atoms with E-state index in [2.05, 4.69) is 20.5 Å². The Morgan fingerprint density at radius 1 is 1.16 bits per heavy atom. The minimum Gasteiger partial charge on any atom is -0.382 e. The van der Waals surface area contributed by atoms with Crippen molar-refractivity contribution < 1.29 is 31.2 Å². The lowest BCUT2D eigenvalue weighted by Crippen LogP contribution is -2.38. The Morgan fingerprint density at radius 2 is 1.92 bits per heavy atom. The van der Waals surface area contributed by atoms with Crippen LogP contribution in [0.5, 0.6) is 0 Å². The number of imide groups is 1. The van der Waals surface area contributed by atoms with Gasteiger partial charge in [-0.2, -0.15) is 13.2 Å². The Hall–Kier alpha value is -3.36. The van der Waals surface area contributed by atoms with E-state index in [9.17, 15) is 31.2 Å². The number of likely N-dealkylation sites (tertiary alicyclic amines) is 1. The van der Waals surface area contributed by atoms with E-state index in [4.69, 9.17) is 0 Å². The number of imidazole rings is 1. The first kappa shape index (κ1) is 26.3. The zero-order valence-corrected chi connectivity index (χ0v) is 21.4. The number of sulfone groups is 1. The molecule has 2 aliphatic rings. The maximum Gasteiger partial charge on any atom is 0.501 e. The number of pyridine rings is 1. The van der Waals surface area contributed by atoms with E-state index in [0.29, 0.717) is 43.1 Å². The van der Waals surface area contributed by atoms with Gasteiger partial charge in [-0.05, 0) is 66.6 Å². The van der Waals surface area contributed by atoms with Crippen LogP contribution in [0, 0.1) is 0 Å². The molecule has 0 saturated carbocycles. The third-order valence-corrected chi connectivity index (χ3v) is 8.63. The van der Waals surface area contributed by atoms with Crippen LogP contribution in [0.4, 0.5) is 23.7 Å². The Bertz CT molecular complexity index is 1540. The van der Waals surface area contributed by atoms with Crippen LogP contribution in [-0.4, -0.2) is 58.5 Å². The maximum atomic E-state index is 12.9. The standard InChI is InChI=1S/C24H22F3N5O4S2/c25-24(26,27)38(35,36)19-3-1-2-17(11-19)29-16-6-8-31(9-7-16)14-18-12-28-21-5-4-15(13-32(18)21)10-20-22(33)30-23(34)37-20/h1-5,10-13,16,29H,6-9,14H2,(H,30,33,34)/b20-10-. The summed E-state index contributed by atoms with van der Waals surface area (Å²) in [4.78, 5) is 29.5. The highest BCUT2D eigenvalue weighted by Gasteiger charge is 2.46. The summed E-state index contributed by atoms with van der Waals surface area (Å²) < 4.78 is 64.1. The summed E-state index contributed by atoms with van der Waals surface area (Å²) in [6, 6.07) is 8.44. The van der Waals surface area contributed by atoms with E-state index in [1.54, 1.807) is 18.3 Å². The summed E-state index contributed by atoms with van der Waals surface area (Å²) in [6.07, 6.45) is 6.72. The number of carbonyl (C=O) groups is 2. The molecule has 0 aliphatic carbocycles. The van der Waals surface area contributed by atoms with Gasteiger partial charge in [0, 0.05) is 37.6 Å². The highest BCUT2D eigenvalue weighted by molar-refractivity contribution is 8.18. The fourth-order valence-corrected chi connectivity index (χ4v) is 5.90. The van der Waals surface area contributed by atoms with E-state index >= 15 is 0 Å². The van der Waals surface area contributed by atoms with Crippen molar-refractivity contribution in [1.29, 1.82) is 0 Å². The lowest BCUT2D eigenvalue weighted by molar-refractivity contribution is -0.115. The highest BCUT2D eigenvalue weighted by atomic mass is 32.2. The normalized spacial score (nSPS) is 18.9. The van der Waals surface area contributed by atoms with E-state index in [0.717, 1.165) is 40.8 Å². The van der Waals surface area contributed by atoms with E-state index in [-0.39, 0.29) is 6.04 Å². The van der Waals surface area contributed by atoms with E-state index in [1.807, 2.05) is 22.7 Å². The van der Waals surface area contributed by atoms with Gasteiger partial charge in [0.25, 0.3) is 21.0 Å².